The summed E-state index contributed by atoms with van der Waals surface area (Å²) in [5, 5.41) is 0. The van der Waals surface area contributed by atoms with Gasteiger partial charge in [-0.2, -0.15) is 13.1 Å². The molecule has 1 aliphatic carbocycles. The Kier molecular flexibility index (Phi) is 3.37. The van der Waals surface area contributed by atoms with Crippen LogP contribution in [0.15, 0.2) is 0 Å². The van der Waals surface area contributed by atoms with Crippen LogP contribution in [0.25, 0.3) is 0 Å². The maximum absolute atomic E-state index is 10.7. The minimum Gasteiger partial charge on any atom is -0.199 e. The van der Waals surface area contributed by atoms with E-state index in [1.807, 2.05) is 0 Å². The third-order valence-corrected chi connectivity index (χ3v) is 3.26. The second-order valence-electron chi connectivity index (χ2n) is 3.42. The third-order valence-electron chi connectivity index (χ3n) is 2.40. The zero-order chi connectivity index (χ0) is 9.19. The van der Waals surface area contributed by atoms with Crippen molar-refractivity contribution in [2.24, 2.45) is 5.92 Å². The lowest BCUT2D eigenvalue weighted by molar-refractivity contribution is 0.312. The van der Waals surface area contributed by atoms with Crippen LogP contribution < -0.4 is 4.72 Å². The van der Waals surface area contributed by atoms with Crippen molar-refractivity contribution in [2.75, 3.05) is 0 Å². The van der Waals surface area contributed by atoms with Crippen molar-refractivity contribution in [3.05, 3.63) is 0 Å². The van der Waals surface area contributed by atoms with Gasteiger partial charge in [0.1, 0.15) is 0 Å². The molecule has 2 atom stereocenters. The fraction of sp³-hybridized carbons (Fsp3) is 1.00. The molecule has 2 unspecified atom stereocenters. The Morgan fingerprint density at radius 2 is 1.92 bits per heavy atom. The Labute approximate surface area is 78.0 Å². The van der Waals surface area contributed by atoms with Crippen LogP contribution in [-0.2, 0) is 9.24 Å². The molecule has 1 saturated carbocycles. The van der Waals surface area contributed by atoms with Crippen molar-refractivity contribution >= 4 is 19.9 Å². The smallest absolute Gasteiger partial charge is 0.199 e. The zero-order valence-electron chi connectivity index (χ0n) is 7.09. The van der Waals surface area contributed by atoms with E-state index in [1.54, 1.807) is 0 Å². The molecule has 1 N–H and O–H groups in total. The van der Waals surface area contributed by atoms with E-state index in [-0.39, 0.29) is 6.04 Å². The zero-order valence-corrected chi connectivity index (χ0v) is 8.66. The highest BCUT2D eigenvalue weighted by Crippen LogP contribution is 2.24. The summed E-state index contributed by atoms with van der Waals surface area (Å²) in [4.78, 5) is 0. The number of hydrogen-bond donors (Lipinski definition) is 1. The van der Waals surface area contributed by atoms with Crippen molar-refractivity contribution in [2.45, 2.75) is 38.6 Å². The largest absolute Gasteiger partial charge is 0.297 e. The van der Waals surface area contributed by atoms with Crippen molar-refractivity contribution in [3.63, 3.8) is 0 Å². The first kappa shape index (κ1) is 10.3. The van der Waals surface area contributed by atoms with Gasteiger partial charge < -0.3 is 0 Å². The molecular weight excluding hydrogens is 198 g/mol. The Hall–Kier alpha value is 0.200. The molecule has 3 nitrogen and oxygen atoms in total. The van der Waals surface area contributed by atoms with E-state index in [9.17, 15) is 8.42 Å². The fourth-order valence-electron chi connectivity index (χ4n) is 1.67. The molecule has 12 heavy (non-hydrogen) atoms. The van der Waals surface area contributed by atoms with Gasteiger partial charge in [0.25, 0.3) is 9.24 Å². The lowest BCUT2D eigenvalue weighted by atomic mass is 9.87. The molecule has 0 aliphatic heterocycles. The van der Waals surface area contributed by atoms with Crippen molar-refractivity contribution in [3.8, 4) is 0 Å². The van der Waals surface area contributed by atoms with Gasteiger partial charge in [-0.15, -0.1) is 0 Å². The average molecular weight is 212 g/mol. The van der Waals surface area contributed by atoms with Gasteiger partial charge in [0.2, 0.25) is 0 Å². The molecule has 0 spiro atoms. The number of rotatable bonds is 2. The minimum atomic E-state index is -3.53. The van der Waals surface area contributed by atoms with E-state index in [2.05, 4.69) is 11.6 Å². The quantitative estimate of drug-likeness (QED) is 0.706. The molecule has 0 amide bonds. The molecule has 1 aliphatic rings. The van der Waals surface area contributed by atoms with E-state index in [1.165, 1.54) is 6.42 Å². The third kappa shape index (κ3) is 3.29. The monoisotopic (exact) mass is 211 g/mol. The summed E-state index contributed by atoms with van der Waals surface area (Å²) < 4.78 is 23.8. The van der Waals surface area contributed by atoms with Crippen LogP contribution in [0.5, 0.6) is 0 Å². The van der Waals surface area contributed by atoms with Gasteiger partial charge in [0.15, 0.2) is 0 Å². The minimum absolute atomic E-state index is 0.0428. The van der Waals surface area contributed by atoms with Gasteiger partial charge in [-0.25, -0.2) is 0 Å². The standard InChI is InChI=1S/C7H14ClNO2S/c1-6-4-2-3-5-7(6)9-12(8,10)11/h6-7,9H,2-5H2,1H3. The van der Waals surface area contributed by atoms with Gasteiger partial charge in [0, 0.05) is 16.7 Å². The van der Waals surface area contributed by atoms with Crippen LogP contribution in [0.3, 0.4) is 0 Å². The van der Waals surface area contributed by atoms with Gasteiger partial charge in [-0.3, -0.25) is 0 Å². The molecule has 1 fully saturated rings. The van der Waals surface area contributed by atoms with E-state index in [0.717, 1.165) is 19.3 Å². The predicted octanol–water partition coefficient (Wildman–Crippen LogP) is 1.64. The number of halogens is 1. The van der Waals surface area contributed by atoms with Crippen LogP contribution in [0, 0.1) is 5.92 Å². The summed E-state index contributed by atoms with van der Waals surface area (Å²) in [7, 11) is 1.56. The molecule has 5 heteroatoms. The molecule has 0 bridgehead atoms. The maximum Gasteiger partial charge on any atom is 0.297 e. The van der Waals surface area contributed by atoms with E-state index >= 15 is 0 Å². The topological polar surface area (TPSA) is 46.2 Å². The highest BCUT2D eigenvalue weighted by atomic mass is 35.7. The van der Waals surface area contributed by atoms with E-state index in [0.29, 0.717) is 5.92 Å². The Morgan fingerprint density at radius 3 is 2.42 bits per heavy atom. The molecule has 0 radical (unpaired) electrons. The molecule has 0 aromatic carbocycles. The van der Waals surface area contributed by atoms with Crippen LogP contribution in [0.1, 0.15) is 32.6 Å². The molecule has 72 valence electrons. The summed E-state index contributed by atoms with van der Waals surface area (Å²) in [5.41, 5.74) is 0. The molecule has 0 heterocycles. The first-order valence-corrected chi connectivity index (χ1v) is 6.52. The molecule has 0 aromatic heterocycles. The summed E-state index contributed by atoms with van der Waals surface area (Å²) >= 11 is 0. The van der Waals surface area contributed by atoms with Gasteiger partial charge in [-0.05, 0) is 18.8 Å². The fourth-order valence-corrected chi connectivity index (χ4v) is 2.73. The number of hydrogen-bond acceptors (Lipinski definition) is 2. The average Bonchev–Trinajstić information content (AvgIpc) is 1.91. The van der Waals surface area contributed by atoms with Crippen molar-refractivity contribution < 1.29 is 8.42 Å². The second-order valence-corrected chi connectivity index (χ2v) is 5.75. The van der Waals surface area contributed by atoms with Crippen LogP contribution >= 0.6 is 10.7 Å². The highest BCUT2D eigenvalue weighted by Gasteiger charge is 2.24. The molecular formula is C7H14ClNO2S. The van der Waals surface area contributed by atoms with Gasteiger partial charge in [-0.1, -0.05) is 19.8 Å². The summed E-state index contributed by atoms with van der Waals surface area (Å²) in [6, 6.07) is 0.0428. The summed E-state index contributed by atoms with van der Waals surface area (Å²) in [6.45, 7) is 2.05. The van der Waals surface area contributed by atoms with Crippen LogP contribution in [0.2, 0.25) is 0 Å². The second kappa shape index (κ2) is 3.94. The maximum atomic E-state index is 10.7. The van der Waals surface area contributed by atoms with E-state index in [4.69, 9.17) is 10.7 Å². The van der Waals surface area contributed by atoms with Gasteiger partial charge in [0.05, 0.1) is 0 Å². The predicted molar refractivity (Wildman–Crippen MR) is 49.3 cm³/mol. The Morgan fingerprint density at radius 1 is 1.33 bits per heavy atom. The first-order chi connectivity index (χ1) is 5.49. The van der Waals surface area contributed by atoms with E-state index < -0.39 is 9.24 Å². The van der Waals surface area contributed by atoms with Crippen molar-refractivity contribution in [1.82, 2.24) is 4.72 Å². The first-order valence-electron chi connectivity index (χ1n) is 4.21. The summed E-state index contributed by atoms with van der Waals surface area (Å²) in [6.07, 6.45) is 4.29. The lowest BCUT2D eigenvalue weighted by Gasteiger charge is -2.27. The molecule has 0 saturated heterocycles. The highest BCUT2D eigenvalue weighted by molar-refractivity contribution is 8.12. The van der Waals surface area contributed by atoms with Crippen LogP contribution in [-0.4, -0.2) is 14.5 Å². The normalized spacial score (nSPS) is 31.8. The number of nitrogens with one attached hydrogen (secondary N) is 1. The summed E-state index contributed by atoms with van der Waals surface area (Å²) in [5.74, 6) is 0.410. The lowest BCUT2D eigenvalue weighted by Crippen LogP contribution is -2.38. The molecule has 0 aromatic rings. The van der Waals surface area contributed by atoms with Gasteiger partial charge >= 0.3 is 0 Å². The van der Waals surface area contributed by atoms with Crippen molar-refractivity contribution in [1.29, 1.82) is 0 Å². The van der Waals surface area contributed by atoms with Crippen LogP contribution in [0.4, 0.5) is 0 Å². The SMILES string of the molecule is CC1CCCCC1NS(=O)(=O)Cl. The Balaban J connectivity index is 2.50. The molecule has 1 rings (SSSR count). The Bertz CT molecular complexity index is 240.